The molecule has 0 unspecified atom stereocenters. The highest BCUT2D eigenvalue weighted by atomic mass is 16.6. The maximum Gasteiger partial charge on any atom is 0.249 e. The van der Waals surface area contributed by atoms with Gasteiger partial charge in [-0.25, -0.2) is 0 Å². The zero-order valence-corrected chi connectivity index (χ0v) is 14.0. The minimum atomic E-state index is -2.08. The van der Waals surface area contributed by atoms with Crippen LogP contribution in [0.4, 0.5) is 4.79 Å². The third-order valence-electron chi connectivity index (χ3n) is 3.18. The Kier molecular flexibility index (Phi) is 15.8. The SMILES string of the molecule is CCCCCCCCCCCC[N+](C)(C)C.O=C([O-])O. The summed E-state index contributed by atoms with van der Waals surface area (Å²) >= 11 is 0. The molecule has 0 spiro atoms. The van der Waals surface area contributed by atoms with Crippen LogP contribution in [0.25, 0.3) is 0 Å². The van der Waals surface area contributed by atoms with E-state index < -0.39 is 6.16 Å². The summed E-state index contributed by atoms with van der Waals surface area (Å²) in [6, 6.07) is 0. The van der Waals surface area contributed by atoms with Crippen molar-refractivity contribution in [2.24, 2.45) is 0 Å². The molecule has 0 bridgehead atoms. The summed E-state index contributed by atoms with van der Waals surface area (Å²) < 4.78 is 1.12. The predicted molar refractivity (Wildman–Crippen MR) is 82.8 cm³/mol. The molecule has 0 radical (unpaired) electrons. The van der Waals surface area contributed by atoms with Crippen molar-refractivity contribution in [1.82, 2.24) is 0 Å². The highest BCUT2D eigenvalue weighted by Crippen LogP contribution is 2.10. The summed E-state index contributed by atoms with van der Waals surface area (Å²) in [6.45, 7) is 3.62. The molecule has 0 fully saturated rings. The molecule has 0 atom stereocenters. The lowest BCUT2D eigenvalue weighted by atomic mass is 10.1. The van der Waals surface area contributed by atoms with Crippen LogP contribution in [-0.4, -0.2) is 43.4 Å². The second-order valence-electron chi connectivity index (χ2n) is 6.46. The number of hydrogen-bond acceptors (Lipinski definition) is 2. The van der Waals surface area contributed by atoms with Gasteiger partial charge in [-0.3, -0.25) is 0 Å². The van der Waals surface area contributed by atoms with Gasteiger partial charge in [-0.2, -0.15) is 0 Å². The lowest BCUT2D eigenvalue weighted by molar-refractivity contribution is -0.870. The van der Waals surface area contributed by atoms with Gasteiger partial charge in [-0.1, -0.05) is 58.3 Å². The Labute approximate surface area is 125 Å². The molecule has 0 aromatic rings. The third-order valence-corrected chi connectivity index (χ3v) is 3.18. The first-order chi connectivity index (χ1) is 9.29. The van der Waals surface area contributed by atoms with Crippen LogP contribution in [0.1, 0.15) is 71.1 Å². The Morgan fingerprint density at radius 2 is 1.15 bits per heavy atom. The average molecular weight is 289 g/mol. The molecule has 4 heteroatoms. The number of carboxylic acid groups (broad SMARTS) is 2. The predicted octanol–water partition coefficient (Wildman–Crippen LogP) is 3.50. The standard InChI is InChI=1S/C15H34N.CH2O3/c1-5-6-7-8-9-10-11-12-13-14-15-16(2,3)4;2-1(3)4/h5-15H2,1-4H3;(H2,2,3,4)/q+1;/p-1. The van der Waals surface area contributed by atoms with E-state index in [9.17, 15) is 0 Å². The van der Waals surface area contributed by atoms with Crippen LogP contribution in [0, 0.1) is 0 Å². The smallest absolute Gasteiger partial charge is 0.249 e. The Hall–Kier alpha value is -0.770. The van der Waals surface area contributed by atoms with Crippen LogP contribution in [0.5, 0.6) is 0 Å². The number of unbranched alkanes of at least 4 members (excludes halogenated alkanes) is 9. The molecule has 0 aliphatic heterocycles. The Morgan fingerprint density at radius 1 is 0.850 bits per heavy atom. The van der Waals surface area contributed by atoms with E-state index in [4.69, 9.17) is 15.0 Å². The van der Waals surface area contributed by atoms with Crippen LogP contribution >= 0.6 is 0 Å². The van der Waals surface area contributed by atoms with Crippen LogP contribution in [-0.2, 0) is 0 Å². The molecule has 122 valence electrons. The van der Waals surface area contributed by atoms with Crippen molar-refractivity contribution in [2.45, 2.75) is 71.1 Å². The number of rotatable bonds is 11. The van der Waals surface area contributed by atoms with Crippen LogP contribution < -0.4 is 5.11 Å². The molecule has 0 aromatic heterocycles. The molecule has 0 saturated carbocycles. The topological polar surface area (TPSA) is 60.4 Å². The lowest BCUT2D eigenvalue weighted by Crippen LogP contribution is -2.35. The molecule has 4 nitrogen and oxygen atoms in total. The summed E-state index contributed by atoms with van der Waals surface area (Å²) in [5.74, 6) is 0. The van der Waals surface area contributed by atoms with Crippen molar-refractivity contribution in [3.63, 3.8) is 0 Å². The summed E-state index contributed by atoms with van der Waals surface area (Å²) in [5, 5.41) is 15.3. The minimum Gasteiger partial charge on any atom is -0.565 e. The average Bonchev–Trinajstić information content (AvgIpc) is 2.29. The van der Waals surface area contributed by atoms with Crippen LogP contribution in [0.15, 0.2) is 0 Å². The molecule has 0 aliphatic rings. The van der Waals surface area contributed by atoms with E-state index in [0.29, 0.717) is 0 Å². The van der Waals surface area contributed by atoms with Crippen LogP contribution in [0.3, 0.4) is 0 Å². The molecular weight excluding hydrogens is 254 g/mol. The molecule has 20 heavy (non-hydrogen) atoms. The summed E-state index contributed by atoms with van der Waals surface area (Å²) in [7, 11) is 6.86. The molecular formula is C16H35NO3. The van der Waals surface area contributed by atoms with E-state index in [-0.39, 0.29) is 0 Å². The van der Waals surface area contributed by atoms with Gasteiger partial charge in [-0.05, 0) is 12.8 Å². The maximum absolute atomic E-state index is 8.44. The van der Waals surface area contributed by atoms with E-state index >= 15 is 0 Å². The highest BCUT2D eigenvalue weighted by molar-refractivity contribution is 5.50. The van der Waals surface area contributed by atoms with Crippen molar-refractivity contribution in [3.8, 4) is 0 Å². The van der Waals surface area contributed by atoms with E-state index in [0.717, 1.165) is 4.48 Å². The van der Waals surface area contributed by atoms with Gasteiger partial charge in [-0.15, -0.1) is 0 Å². The first kappa shape index (κ1) is 21.5. The molecule has 0 saturated heterocycles. The second-order valence-corrected chi connectivity index (χ2v) is 6.46. The normalized spacial score (nSPS) is 10.8. The van der Waals surface area contributed by atoms with E-state index in [1.165, 1.54) is 70.8 Å². The van der Waals surface area contributed by atoms with Crippen molar-refractivity contribution >= 4 is 6.16 Å². The molecule has 1 N–H and O–H groups in total. The first-order valence-electron chi connectivity index (χ1n) is 8.00. The first-order valence-corrected chi connectivity index (χ1v) is 8.00. The van der Waals surface area contributed by atoms with Crippen LogP contribution in [0.2, 0.25) is 0 Å². The van der Waals surface area contributed by atoms with E-state index in [1.54, 1.807) is 0 Å². The van der Waals surface area contributed by atoms with Gasteiger partial charge in [0.1, 0.15) is 0 Å². The van der Waals surface area contributed by atoms with Gasteiger partial charge in [0.15, 0.2) is 0 Å². The summed E-state index contributed by atoms with van der Waals surface area (Å²) in [5.41, 5.74) is 0. The number of carbonyl (C=O) groups is 1. The Balaban J connectivity index is 0. The fourth-order valence-electron chi connectivity index (χ4n) is 2.07. The minimum absolute atomic E-state index is 1.12. The molecule has 0 aliphatic carbocycles. The Morgan fingerprint density at radius 3 is 1.45 bits per heavy atom. The molecule has 0 aromatic carbocycles. The van der Waals surface area contributed by atoms with Gasteiger partial charge in [0.05, 0.1) is 27.7 Å². The monoisotopic (exact) mass is 289 g/mol. The van der Waals surface area contributed by atoms with Crippen molar-refractivity contribution in [3.05, 3.63) is 0 Å². The lowest BCUT2D eigenvalue weighted by Gasteiger charge is -2.23. The van der Waals surface area contributed by atoms with Gasteiger partial charge in [0.2, 0.25) is 6.16 Å². The largest absolute Gasteiger partial charge is 0.565 e. The molecule has 0 rings (SSSR count). The molecule has 0 amide bonds. The third kappa shape index (κ3) is 30.3. The van der Waals surface area contributed by atoms with Gasteiger partial charge < -0.3 is 19.5 Å². The number of nitrogens with zero attached hydrogens (tertiary/aromatic N) is 1. The maximum atomic E-state index is 8.44. The van der Waals surface area contributed by atoms with E-state index in [2.05, 4.69) is 28.1 Å². The summed E-state index contributed by atoms with van der Waals surface area (Å²) in [4.78, 5) is 8.44. The highest BCUT2D eigenvalue weighted by Gasteiger charge is 2.04. The zero-order chi connectivity index (χ0) is 15.9. The fourth-order valence-corrected chi connectivity index (χ4v) is 2.07. The number of hydrogen-bond donors (Lipinski definition) is 1. The fraction of sp³-hybridized carbons (Fsp3) is 0.938. The van der Waals surface area contributed by atoms with Crippen molar-refractivity contribution in [2.75, 3.05) is 27.7 Å². The van der Waals surface area contributed by atoms with Crippen molar-refractivity contribution < 1.29 is 19.5 Å². The quantitative estimate of drug-likeness (QED) is 0.468. The van der Waals surface area contributed by atoms with Gasteiger partial charge >= 0.3 is 0 Å². The zero-order valence-electron chi connectivity index (χ0n) is 14.0. The Bertz CT molecular complexity index is 208. The van der Waals surface area contributed by atoms with Gasteiger partial charge in [0.25, 0.3) is 0 Å². The van der Waals surface area contributed by atoms with Gasteiger partial charge in [0, 0.05) is 0 Å². The second kappa shape index (κ2) is 14.6. The number of quaternary nitrogens is 1. The summed E-state index contributed by atoms with van der Waals surface area (Å²) in [6.07, 6.45) is 12.3. The molecule has 0 heterocycles. The van der Waals surface area contributed by atoms with Crippen molar-refractivity contribution in [1.29, 1.82) is 0 Å². The van der Waals surface area contributed by atoms with E-state index in [1.807, 2.05) is 0 Å².